The summed E-state index contributed by atoms with van der Waals surface area (Å²) < 4.78 is 5.34. The van der Waals surface area contributed by atoms with Gasteiger partial charge in [-0.05, 0) is 48.4 Å². The molecule has 7 nitrogen and oxygen atoms in total. The third-order valence-electron chi connectivity index (χ3n) is 3.34. The van der Waals surface area contributed by atoms with E-state index < -0.39 is 11.8 Å². The smallest absolute Gasteiger partial charge is 0.276 e. The molecule has 2 rings (SSSR count). The number of carbonyl (C=O) groups is 3. The normalized spacial score (nSPS) is 10.3. The van der Waals surface area contributed by atoms with Crippen molar-refractivity contribution < 1.29 is 19.1 Å². The van der Waals surface area contributed by atoms with E-state index in [1.54, 1.807) is 36.4 Å². The van der Waals surface area contributed by atoms with Gasteiger partial charge in [-0.15, -0.1) is 0 Å². The van der Waals surface area contributed by atoms with Gasteiger partial charge in [-0.25, -0.2) is 0 Å². The van der Waals surface area contributed by atoms with Crippen molar-refractivity contribution in [3.8, 4) is 5.75 Å². The molecule has 0 heterocycles. The Labute approximate surface area is 157 Å². The Bertz CT molecular complexity index is 845. The average Bonchev–Trinajstić information content (AvgIpc) is 2.64. The summed E-state index contributed by atoms with van der Waals surface area (Å²) in [6.45, 7) is 3.14. The van der Waals surface area contributed by atoms with E-state index in [-0.39, 0.29) is 12.5 Å². The maximum absolute atomic E-state index is 11.7. The number of hydrogen-bond acceptors (Lipinski definition) is 4. The molecule has 7 heteroatoms. The van der Waals surface area contributed by atoms with Gasteiger partial charge in [0.2, 0.25) is 5.91 Å². The number of nitrogens with one attached hydrogen (secondary N) is 3. The van der Waals surface area contributed by atoms with Crippen molar-refractivity contribution in [3.63, 3.8) is 0 Å². The Morgan fingerprint density at radius 2 is 1.78 bits per heavy atom. The number of ether oxygens (including phenoxy) is 1. The molecule has 27 heavy (non-hydrogen) atoms. The monoisotopic (exact) mass is 367 g/mol. The Hall–Kier alpha value is -3.61. The van der Waals surface area contributed by atoms with Crippen molar-refractivity contribution in [2.24, 2.45) is 0 Å². The number of hydrazine groups is 1. The van der Waals surface area contributed by atoms with E-state index in [9.17, 15) is 14.4 Å². The van der Waals surface area contributed by atoms with Crippen LogP contribution in [0.4, 0.5) is 5.69 Å². The van der Waals surface area contributed by atoms with Crippen molar-refractivity contribution in [3.05, 3.63) is 65.7 Å². The zero-order chi connectivity index (χ0) is 19.6. The van der Waals surface area contributed by atoms with Crippen molar-refractivity contribution in [1.82, 2.24) is 10.9 Å². The Morgan fingerprint density at radius 3 is 2.44 bits per heavy atom. The Kier molecular flexibility index (Phi) is 7.13. The third kappa shape index (κ3) is 7.43. The molecule has 0 spiro atoms. The van der Waals surface area contributed by atoms with Crippen LogP contribution < -0.4 is 20.9 Å². The SMILES string of the molecule is CC(=O)Nc1ccc(/C=C/C(=O)NNC(=O)COc2cccc(C)c2)cc1. The molecule has 0 fully saturated rings. The first-order chi connectivity index (χ1) is 12.9. The fraction of sp³-hybridized carbons (Fsp3) is 0.150. The minimum absolute atomic E-state index is 0.153. The lowest BCUT2D eigenvalue weighted by atomic mass is 10.2. The molecule has 2 aromatic carbocycles. The van der Waals surface area contributed by atoms with Crippen LogP contribution in [0.3, 0.4) is 0 Å². The molecule has 0 aliphatic heterocycles. The summed E-state index contributed by atoms with van der Waals surface area (Å²) in [6.07, 6.45) is 2.87. The van der Waals surface area contributed by atoms with Crippen LogP contribution >= 0.6 is 0 Å². The lowest BCUT2D eigenvalue weighted by Gasteiger charge is -2.08. The summed E-state index contributed by atoms with van der Waals surface area (Å²) in [5, 5.41) is 2.65. The van der Waals surface area contributed by atoms with Crippen molar-refractivity contribution >= 4 is 29.5 Å². The number of anilines is 1. The summed E-state index contributed by atoms with van der Waals surface area (Å²) in [7, 11) is 0. The Balaban J connectivity index is 1.74. The predicted molar refractivity (Wildman–Crippen MR) is 103 cm³/mol. The molecule has 2 aromatic rings. The first kappa shape index (κ1) is 19.7. The van der Waals surface area contributed by atoms with Gasteiger partial charge < -0.3 is 10.1 Å². The summed E-state index contributed by atoms with van der Waals surface area (Å²) >= 11 is 0. The molecule has 0 unspecified atom stereocenters. The highest BCUT2D eigenvalue weighted by Crippen LogP contribution is 2.12. The molecular weight excluding hydrogens is 346 g/mol. The van der Waals surface area contributed by atoms with E-state index in [4.69, 9.17) is 4.74 Å². The van der Waals surface area contributed by atoms with Gasteiger partial charge in [0.25, 0.3) is 11.8 Å². The summed E-state index contributed by atoms with van der Waals surface area (Å²) in [5.74, 6) is -0.526. The van der Waals surface area contributed by atoms with Crippen LogP contribution in [0.1, 0.15) is 18.1 Å². The van der Waals surface area contributed by atoms with Crippen LogP contribution in [0.2, 0.25) is 0 Å². The fourth-order valence-corrected chi connectivity index (χ4v) is 2.12. The quantitative estimate of drug-likeness (QED) is 0.539. The highest BCUT2D eigenvalue weighted by Gasteiger charge is 2.04. The van der Waals surface area contributed by atoms with Gasteiger partial charge in [-0.3, -0.25) is 25.2 Å². The molecule has 0 saturated heterocycles. The molecule has 0 aliphatic rings. The molecule has 0 aromatic heterocycles. The van der Waals surface area contributed by atoms with Gasteiger partial charge in [-0.2, -0.15) is 0 Å². The van der Waals surface area contributed by atoms with Gasteiger partial charge in [-0.1, -0.05) is 24.3 Å². The number of benzene rings is 2. The van der Waals surface area contributed by atoms with Crippen LogP contribution in [0, 0.1) is 6.92 Å². The van der Waals surface area contributed by atoms with Crippen LogP contribution in [0.5, 0.6) is 5.75 Å². The number of aryl methyl sites for hydroxylation is 1. The second kappa shape index (κ2) is 9.76. The predicted octanol–water partition coefficient (Wildman–Crippen LogP) is 2.19. The summed E-state index contributed by atoms with van der Waals surface area (Å²) in [5.41, 5.74) is 7.01. The van der Waals surface area contributed by atoms with Gasteiger partial charge >= 0.3 is 0 Å². The molecule has 0 saturated carbocycles. The largest absolute Gasteiger partial charge is 0.484 e. The minimum Gasteiger partial charge on any atom is -0.484 e. The van der Waals surface area contributed by atoms with Crippen LogP contribution in [0.15, 0.2) is 54.6 Å². The van der Waals surface area contributed by atoms with Crippen LogP contribution in [-0.2, 0) is 14.4 Å². The second-order valence-corrected chi connectivity index (χ2v) is 5.78. The van der Waals surface area contributed by atoms with E-state index in [1.807, 2.05) is 25.1 Å². The van der Waals surface area contributed by atoms with Crippen LogP contribution in [-0.4, -0.2) is 24.3 Å². The lowest BCUT2D eigenvalue weighted by molar-refractivity contribution is -0.128. The van der Waals surface area contributed by atoms with Crippen LogP contribution in [0.25, 0.3) is 6.08 Å². The highest BCUT2D eigenvalue weighted by molar-refractivity contribution is 5.93. The van der Waals surface area contributed by atoms with Gasteiger partial charge in [0, 0.05) is 18.7 Å². The molecular formula is C20H21N3O4. The van der Waals surface area contributed by atoms with Crippen molar-refractivity contribution in [2.75, 3.05) is 11.9 Å². The second-order valence-electron chi connectivity index (χ2n) is 5.78. The number of amides is 3. The first-order valence-electron chi connectivity index (χ1n) is 8.26. The average molecular weight is 367 g/mol. The van der Waals surface area contributed by atoms with E-state index in [0.29, 0.717) is 11.4 Å². The van der Waals surface area contributed by atoms with E-state index in [0.717, 1.165) is 11.1 Å². The van der Waals surface area contributed by atoms with Crippen molar-refractivity contribution in [2.45, 2.75) is 13.8 Å². The van der Waals surface area contributed by atoms with Crippen molar-refractivity contribution in [1.29, 1.82) is 0 Å². The van der Waals surface area contributed by atoms with Gasteiger partial charge in [0.05, 0.1) is 0 Å². The third-order valence-corrected chi connectivity index (χ3v) is 3.34. The lowest BCUT2D eigenvalue weighted by Crippen LogP contribution is -2.43. The minimum atomic E-state index is -0.482. The fourth-order valence-electron chi connectivity index (χ4n) is 2.12. The first-order valence-corrected chi connectivity index (χ1v) is 8.26. The molecule has 0 atom stereocenters. The molecule has 3 amide bonds. The summed E-state index contributed by atoms with van der Waals surface area (Å²) in [4.78, 5) is 34.4. The summed E-state index contributed by atoms with van der Waals surface area (Å²) in [6, 6.07) is 14.3. The maximum atomic E-state index is 11.7. The molecule has 140 valence electrons. The zero-order valence-electron chi connectivity index (χ0n) is 15.1. The molecule has 0 bridgehead atoms. The van der Waals surface area contributed by atoms with E-state index in [1.165, 1.54) is 13.0 Å². The highest BCUT2D eigenvalue weighted by atomic mass is 16.5. The van der Waals surface area contributed by atoms with Gasteiger partial charge in [0.1, 0.15) is 5.75 Å². The Morgan fingerprint density at radius 1 is 1.04 bits per heavy atom. The molecule has 0 radical (unpaired) electrons. The standard InChI is InChI=1S/C20H21N3O4/c1-14-4-3-5-18(12-14)27-13-20(26)23-22-19(25)11-8-16-6-9-17(10-7-16)21-15(2)24/h3-12H,13H2,1-2H3,(H,21,24)(H,22,25)(H,23,26)/b11-8+. The topological polar surface area (TPSA) is 96.5 Å². The van der Waals surface area contributed by atoms with E-state index >= 15 is 0 Å². The van der Waals surface area contributed by atoms with Gasteiger partial charge in [0.15, 0.2) is 6.61 Å². The molecule has 3 N–H and O–H groups in total. The number of carbonyl (C=O) groups excluding carboxylic acids is 3. The maximum Gasteiger partial charge on any atom is 0.276 e. The zero-order valence-corrected chi connectivity index (χ0v) is 15.1. The number of hydrogen-bond donors (Lipinski definition) is 3. The molecule has 0 aliphatic carbocycles. The van der Waals surface area contributed by atoms with E-state index in [2.05, 4.69) is 16.2 Å². The number of rotatable bonds is 6.